The van der Waals surface area contributed by atoms with Crippen LogP contribution in [0.15, 0.2) is 0 Å². The molecule has 0 spiro atoms. The average molecular weight is 161 g/mol. The molecule has 0 saturated carbocycles. The molecule has 0 aliphatic rings. The van der Waals surface area contributed by atoms with Gasteiger partial charge < -0.3 is 15.2 Å². The number of rotatable bonds is 5. The van der Waals surface area contributed by atoms with Crippen LogP contribution in [-0.2, 0) is 4.74 Å². The molecule has 3 heteroatoms. The molecule has 68 valence electrons. The molecule has 0 aliphatic carbocycles. The zero-order chi connectivity index (χ0) is 8.91. The monoisotopic (exact) mass is 161 g/mol. The predicted octanol–water partition coefficient (Wildman–Crippen LogP) is 0.382. The Kier molecular flexibility index (Phi) is 4.65. The maximum Gasteiger partial charge on any atom is 0.0715 e. The van der Waals surface area contributed by atoms with E-state index in [1.54, 1.807) is 21.0 Å². The van der Waals surface area contributed by atoms with Crippen LogP contribution in [0.25, 0.3) is 0 Å². The predicted molar refractivity (Wildman–Crippen MR) is 45.6 cm³/mol. The van der Waals surface area contributed by atoms with Gasteiger partial charge in [-0.1, -0.05) is 0 Å². The molecule has 0 aromatic rings. The van der Waals surface area contributed by atoms with E-state index in [0.717, 1.165) is 0 Å². The van der Waals surface area contributed by atoms with Crippen LogP contribution < -0.4 is 5.32 Å². The number of methoxy groups -OCH3 is 1. The third kappa shape index (κ3) is 7.78. The molecule has 0 rings (SSSR count). The molecule has 3 nitrogen and oxygen atoms in total. The maximum atomic E-state index is 9.33. The molecule has 0 radical (unpaired) electrons. The molecule has 0 saturated heterocycles. The lowest BCUT2D eigenvalue weighted by Gasteiger charge is -2.21. The number of hydrogen-bond acceptors (Lipinski definition) is 3. The zero-order valence-electron chi connectivity index (χ0n) is 7.85. The first kappa shape index (κ1) is 10.9. The lowest BCUT2D eigenvalue weighted by Crippen LogP contribution is -2.41. The van der Waals surface area contributed by atoms with E-state index in [-0.39, 0.29) is 0 Å². The van der Waals surface area contributed by atoms with E-state index in [1.807, 2.05) is 6.92 Å². The van der Waals surface area contributed by atoms with Crippen molar-refractivity contribution in [1.82, 2.24) is 5.32 Å². The van der Waals surface area contributed by atoms with Crippen molar-refractivity contribution < 1.29 is 9.84 Å². The summed E-state index contributed by atoms with van der Waals surface area (Å²) >= 11 is 0. The fourth-order valence-electron chi connectivity index (χ4n) is 0.733. The van der Waals surface area contributed by atoms with Gasteiger partial charge in [0.1, 0.15) is 0 Å². The van der Waals surface area contributed by atoms with E-state index >= 15 is 0 Å². The summed E-state index contributed by atoms with van der Waals surface area (Å²) in [6, 6.07) is 0.298. The van der Waals surface area contributed by atoms with Crippen LogP contribution in [0, 0.1) is 0 Å². The van der Waals surface area contributed by atoms with E-state index in [0.29, 0.717) is 19.2 Å². The minimum atomic E-state index is -0.637. The maximum absolute atomic E-state index is 9.33. The second kappa shape index (κ2) is 4.70. The largest absolute Gasteiger partial charge is 0.389 e. The highest BCUT2D eigenvalue weighted by Crippen LogP contribution is 1.98. The van der Waals surface area contributed by atoms with Gasteiger partial charge in [-0.2, -0.15) is 0 Å². The van der Waals surface area contributed by atoms with Gasteiger partial charge in [-0.05, 0) is 20.8 Å². The third-order valence-electron chi connectivity index (χ3n) is 1.30. The Morgan fingerprint density at radius 2 is 2.09 bits per heavy atom. The van der Waals surface area contributed by atoms with Crippen molar-refractivity contribution >= 4 is 0 Å². The van der Waals surface area contributed by atoms with Gasteiger partial charge in [0.2, 0.25) is 0 Å². The van der Waals surface area contributed by atoms with Gasteiger partial charge in [0.05, 0.1) is 12.2 Å². The van der Waals surface area contributed by atoms with E-state index in [4.69, 9.17) is 4.74 Å². The van der Waals surface area contributed by atoms with Crippen LogP contribution in [-0.4, -0.2) is 37.0 Å². The molecular weight excluding hydrogens is 142 g/mol. The molecule has 0 aliphatic heterocycles. The molecular formula is C8H19NO2. The first-order valence-electron chi connectivity index (χ1n) is 3.90. The average Bonchev–Trinajstić information content (AvgIpc) is 1.83. The number of aliphatic hydroxyl groups is 1. The Morgan fingerprint density at radius 1 is 1.55 bits per heavy atom. The molecule has 0 heterocycles. The van der Waals surface area contributed by atoms with Gasteiger partial charge in [-0.25, -0.2) is 0 Å². The number of ether oxygens (including phenoxy) is 1. The van der Waals surface area contributed by atoms with Crippen molar-refractivity contribution in [2.24, 2.45) is 0 Å². The van der Waals surface area contributed by atoms with Crippen molar-refractivity contribution in [2.75, 3.05) is 20.3 Å². The third-order valence-corrected chi connectivity index (χ3v) is 1.30. The van der Waals surface area contributed by atoms with Crippen molar-refractivity contribution in [3.05, 3.63) is 0 Å². The lowest BCUT2D eigenvalue weighted by molar-refractivity contribution is 0.0713. The highest BCUT2D eigenvalue weighted by molar-refractivity contribution is 4.71. The zero-order valence-corrected chi connectivity index (χ0v) is 7.85. The second-order valence-electron chi connectivity index (χ2n) is 3.55. The summed E-state index contributed by atoms with van der Waals surface area (Å²) in [6.45, 7) is 6.85. The first-order chi connectivity index (χ1) is 4.95. The summed E-state index contributed by atoms with van der Waals surface area (Å²) in [5.41, 5.74) is -0.637. The minimum Gasteiger partial charge on any atom is -0.389 e. The second-order valence-corrected chi connectivity index (χ2v) is 3.55. The van der Waals surface area contributed by atoms with Gasteiger partial charge in [-0.3, -0.25) is 0 Å². The van der Waals surface area contributed by atoms with E-state index < -0.39 is 5.60 Å². The summed E-state index contributed by atoms with van der Waals surface area (Å²) < 4.78 is 4.92. The Bertz CT molecular complexity index is 98.8. The van der Waals surface area contributed by atoms with E-state index in [9.17, 15) is 5.11 Å². The topological polar surface area (TPSA) is 41.5 Å². The van der Waals surface area contributed by atoms with Crippen molar-refractivity contribution in [3.63, 3.8) is 0 Å². The van der Waals surface area contributed by atoms with Crippen molar-refractivity contribution in [1.29, 1.82) is 0 Å². The van der Waals surface area contributed by atoms with Crippen LogP contribution in [0.5, 0.6) is 0 Å². The summed E-state index contributed by atoms with van der Waals surface area (Å²) in [7, 11) is 1.67. The summed E-state index contributed by atoms with van der Waals surface area (Å²) in [6.07, 6.45) is 0. The van der Waals surface area contributed by atoms with E-state index in [1.165, 1.54) is 0 Å². The molecule has 0 aromatic heterocycles. The molecule has 0 bridgehead atoms. The van der Waals surface area contributed by atoms with Gasteiger partial charge in [0.25, 0.3) is 0 Å². The van der Waals surface area contributed by atoms with Crippen molar-refractivity contribution in [2.45, 2.75) is 32.4 Å². The summed E-state index contributed by atoms with van der Waals surface area (Å²) in [5.74, 6) is 0. The molecule has 0 aromatic carbocycles. The Hall–Kier alpha value is -0.120. The SMILES string of the molecule is COC[C@@H](C)NCC(C)(C)O. The van der Waals surface area contributed by atoms with Gasteiger partial charge >= 0.3 is 0 Å². The fourth-order valence-corrected chi connectivity index (χ4v) is 0.733. The molecule has 0 unspecified atom stereocenters. The van der Waals surface area contributed by atoms with E-state index in [2.05, 4.69) is 5.32 Å². The summed E-state index contributed by atoms with van der Waals surface area (Å²) in [5, 5.41) is 12.5. The fraction of sp³-hybridized carbons (Fsp3) is 1.00. The Morgan fingerprint density at radius 3 is 2.45 bits per heavy atom. The Labute approximate surface area is 68.8 Å². The highest BCUT2D eigenvalue weighted by atomic mass is 16.5. The van der Waals surface area contributed by atoms with Crippen LogP contribution in [0.1, 0.15) is 20.8 Å². The first-order valence-corrected chi connectivity index (χ1v) is 3.90. The van der Waals surface area contributed by atoms with Gasteiger partial charge in [0, 0.05) is 19.7 Å². The number of hydrogen-bond donors (Lipinski definition) is 2. The highest BCUT2D eigenvalue weighted by Gasteiger charge is 2.12. The molecule has 2 N–H and O–H groups in total. The molecule has 11 heavy (non-hydrogen) atoms. The normalized spacial score (nSPS) is 15.0. The smallest absolute Gasteiger partial charge is 0.0715 e. The minimum absolute atomic E-state index is 0.298. The Balaban J connectivity index is 3.38. The van der Waals surface area contributed by atoms with Crippen molar-refractivity contribution in [3.8, 4) is 0 Å². The molecule has 1 atom stereocenters. The summed E-state index contributed by atoms with van der Waals surface area (Å²) in [4.78, 5) is 0. The van der Waals surface area contributed by atoms with Crippen LogP contribution >= 0.6 is 0 Å². The van der Waals surface area contributed by atoms with Crippen LogP contribution in [0.4, 0.5) is 0 Å². The van der Waals surface area contributed by atoms with Crippen LogP contribution in [0.3, 0.4) is 0 Å². The van der Waals surface area contributed by atoms with Gasteiger partial charge in [0.15, 0.2) is 0 Å². The molecule has 0 fully saturated rings. The lowest BCUT2D eigenvalue weighted by atomic mass is 10.1. The van der Waals surface area contributed by atoms with Gasteiger partial charge in [-0.15, -0.1) is 0 Å². The standard InChI is InChI=1S/C8H19NO2/c1-7(5-11-4)9-6-8(2,3)10/h7,9-10H,5-6H2,1-4H3/t7-/m1/s1. The number of nitrogens with one attached hydrogen (secondary N) is 1. The quantitative estimate of drug-likeness (QED) is 0.612. The molecule has 0 amide bonds. The van der Waals surface area contributed by atoms with Crippen LogP contribution in [0.2, 0.25) is 0 Å².